The van der Waals surface area contributed by atoms with Crippen molar-refractivity contribution in [3.8, 4) is 11.5 Å². The van der Waals surface area contributed by atoms with Crippen LogP contribution in [0.3, 0.4) is 0 Å². The molecule has 0 bridgehead atoms. The zero-order chi connectivity index (χ0) is 13.3. The normalized spacial score (nSPS) is 10.5. The van der Waals surface area contributed by atoms with E-state index in [0.29, 0.717) is 21.5 Å². The summed E-state index contributed by atoms with van der Waals surface area (Å²) in [6, 6.07) is 7.34. The molecule has 0 atom stereocenters. The van der Waals surface area contributed by atoms with Crippen molar-refractivity contribution in [2.75, 3.05) is 0 Å². The molecule has 18 heavy (non-hydrogen) atoms. The number of hydrogen-bond acceptors (Lipinski definition) is 2. The van der Waals surface area contributed by atoms with Crippen molar-refractivity contribution in [3.63, 3.8) is 0 Å². The van der Waals surface area contributed by atoms with Crippen LogP contribution in [-0.2, 0) is 0 Å². The number of aromatic nitrogens is 1. The molecule has 1 aromatic heterocycles. The minimum atomic E-state index is 0.480. The van der Waals surface area contributed by atoms with Crippen LogP contribution in [0.1, 0.15) is 17.0 Å². The number of pyridine rings is 1. The first-order valence-electron chi connectivity index (χ1n) is 5.54. The standard InChI is InChI=1S/C14H13Cl2NO/c1-8-4-12(15)14(13(16)5-8)18-11-6-9(2)17-10(3)7-11/h4-7H,1-3H3. The zero-order valence-electron chi connectivity index (χ0n) is 10.4. The minimum Gasteiger partial charge on any atom is -0.454 e. The third-order valence-corrected chi connectivity index (χ3v) is 2.98. The van der Waals surface area contributed by atoms with Gasteiger partial charge in [0.25, 0.3) is 0 Å². The second-order valence-electron chi connectivity index (χ2n) is 4.25. The fraction of sp³-hybridized carbons (Fsp3) is 0.214. The van der Waals surface area contributed by atoms with Crippen LogP contribution in [0.15, 0.2) is 24.3 Å². The molecule has 0 amide bonds. The SMILES string of the molecule is Cc1cc(Cl)c(Oc2cc(C)nc(C)c2)c(Cl)c1. The van der Waals surface area contributed by atoms with E-state index in [1.807, 2.05) is 45.0 Å². The van der Waals surface area contributed by atoms with E-state index in [2.05, 4.69) is 4.98 Å². The Balaban J connectivity index is 2.40. The van der Waals surface area contributed by atoms with Gasteiger partial charge in [-0.15, -0.1) is 0 Å². The van der Waals surface area contributed by atoms with Crippen molar-refractivity contribution < 1.29 is 4.74 Å². The van der Waals surface area contributed by atoms with Gasteiger partial charge in [-0.3, -0.25) is 4.98 Å². The van der Waals surface area contributed by atoms with E-state index in [1.165, 1.54) is 0 Å². The molecule has 1 aromatic carbocycles. The Morgan fingerprint density at radius 1 is 0.889 bits per heavy atom. The van der Waals surface area contributed by atoms with Gasteiger partial charge in [0.05, 0.1) is 10.0 Å². The fourth-order valence-corrected chi connectivity index (χ4v) is 2.43. The molecule has 0 N–H and O–H groups in total. The molecule has 2 nitrogen and oxygen atoms in total. The van der Waals surface area contributed by atoms with Crippen molar-refractivity contribution in [1.82, 2.24) is 4.98 Å². The molecule has 0 saturated heterocycles. The Labute approximate surface area is 117 Å². The Hall–Kier alpha value is -1.25. The highest BCUT2D eigenvalue weighted by molar-refractivity contribution is 6.37. The van der Waals surface area contributed by atoms with Gasteiger partial charge in [0.2, 0.25) is 0 Å². The lowest BCUT2D eigenvalue weighted by molar-refractivity contribution is 0.481. The molecule has 2 aromatic rings. The Kier molecular flexibility index (Phi) is 3.79. The van der Waals surface area contributed by atoms with Crippen LogP contribution in [0.2, 0.25) is 10.0 Å². The minimum absolute atomic E-state index is 0.480. The van der Waals surface area contributed by atoms with Gasteiger partial charge in [-0.05, 0) is 38.5 Å². The maximum absolute atomic E-state index is 6.14. The number of ether oxygens (including phenoxy) is 1. The van der Waals surface area contributed by atoms with Gasteiger partial charge >= 0.3 is 0 Å². The third kappa shape index (κ3) is 2.95. The Morgan fingerprint density at radius 3 is 1.89 bits per heavy atom. The summed E-state index contributed by atoms with van der Waals surface area (Å²) in [5.74, 6) is 1.17. The highest BCUT2D eigenvalue weighted by atomic mass is 35.5. The number of rotatable bonds is 2. The molecule has 1 heterocycles. The number of benzene rings is 1. The summed E-state index contributed by atoms with van der Waals surface area (Å²) in [4.78, 5) is 4.29. The lowest BCUT2D eigenvalue weighted by Crippen LogP contribution is -1.92. The molecule has 0 radical (unpaired) electrons. The smallest absolute Gasteiger partial charge is 0.164 e. The molecule has 2 rings (SSSR count). The van der Waals surface area contributed by atoms with E-state index in [-0.39, 0.29) is 0 Å². The molecule has 0 aliphatic carbocycles. The van der Waals surface area contributed by atoms with Crippen LogP contribution in [0.5, 0.6) is 11.5 Å². The third-order valence-electron chi connectivity index (χ3n) is 2.42. The van der Waals surface area contributed by atoms with Crippen LogP contribution < -0.4 is 4.74 Å². The van der Waals surface area contributed by atoms with Crippen molar-refractivity contribution in [2.24, 2.45) is 0 Å². The van der Waals surface area contributed by atoms with Gasteiger partial charge in [-0.25, -0.2) is 0 Å². The van der Waals surface area contributed by atoms with E-state index in [1.54, 1.807) is 0 Å². The summed E-state index contributed by atoms with van der Waals surface area (Å²) in [6.45, 7) is 5.76. The maximum atomic E-state index is 6.14. The molecule has 4 heteroatoms. The molecular formula is C14H13Cl2NO. The molecule has 94 valence electrons. The predicted octanol–water partition coefficient (Wildman–Crippen LogP) is 5.11. The van der Waals surface area contributed by atoms with Gasteiger partial charge in [0.1, 0.15) is 5.75 Å². The topological polar surface area (TPSA) is 22.1 Å². The van der Waals surface area contributed by atoms with Crippen LogP contribution in [-0.4, -0.2) is 4.98 Å². The fourth-order valence-electron chi connectivity index (χ4n) is 1.76. The monoisotopic (exact) mass is 281 g/mol. The molecule has 0 aliphatic rings. The first-order valence-corrected chi connectivity index (χ1v) is 6.30. The number of hydrogen-bond donors (Lipinski definition) is 0. The van der Waals surface area contributed by atoms with Crippen LogP contribution >= 0.6 is 23.2 Å². The summed E-state index contributed by atoms with van der Waals surface area (Å²) in [7, 11) is 0. The molecule has 0 unspecified atom stereocenters. The molecule has 0 saturated carbocycles. The van der Waals surface area contributed by atoms with E-state index in [0.717, 1.165) is 17.0 Å². The van der Waals surface area contributed by atoms with E-state index < -0.39 is 0 Å². The lowest BCUT2D eigenvalue weighted by Gasteiger charge is -2.11. The van der Waals surface area contributed by atoms with Crippen LogP contribution in [0.4, 0.5) is 0 Å². The Bertz CT molecular complexity index is 553. The van der Waals surface area contributed by atoms with Crippen LogP contribution in [0, 0.1) is 20.8 Å². The first-order chi connectivity index (χ1) is 8.45. The molecule has 0 fully saturated rings. The highest BCUT2D eigenvalue weighted by Crippen LogP contribution is 2.37. The summed E-state index contributed by atoms with van der Waals surface area (Å²) >= 11 is 12.3. The Morgan fingerprint density at radius 2 is 1.39 bits per heavy atom. The lowest BCUT2D eigenvalue weighted by atomic mass is 10.2. The summed E-state index contributed by atoms with van der Waals surface area (Å²) < 4.78 is 5.75. The second kappa shape index (κ2) is 5.17. The second-order valence-corrected chi connectivity index (χ2v) is 5.06. The average Bonchev–Trinajstić information content (AvgIpc) is 2.22. The largest absolute Gasteiger partial charge is 0.454 e. The number of nitrogens with zero attached hydrogens (tertiary/aromatic N) is 1. The van der Waals surface area contributed by atoms with Gasteiger partial charge in [0, 0.05) is 23.5 Å². The van der Waals surface area contributed by atoms with Gasteiger partial charge in [-0.1, -0.05) is 23.2 Å². The van der Waals surface area contributed by atoms with Crippen LogP contribution in [0.25, 0.3) is 0 Å². The molecular weight excluding hydrogens is 269 g/mol. The van der Waals surface area contributed by atoms with E-state index >= 15 is 0 Å². The van der Waals surface area contributed by atoms with Crippen molar-refractivity contribution in [3.05, 3.63) is 51.3 Å². The summed E-state index contributed by atoms with van der Waals surface area (Å²) in [5, 5.41) is 1.01. The number of aryl methyl sites for hydroxylation is 3. The quantitative estimate of drug-likeness (QED) is 0.764. The molecule has 0 spiro atoms. The number of halogens is 2. The van der Waals surface area contributed by atoms with Crippen molar-refractivity contribution >= 4 is 23.2 Å². The summed E-state index contributed by atoms with van der Waals surface area (Å²) in [6.07, 6.45) is 0. The van der Waals surface area contributed by atoms with E-state index in [4.69, 9.17) is 27.9 Å². The molecule has 0 aliphatic heterocycles. The van der Waals surface area contributed by atoms with Gasteiger partial charge in [0.15, 0.2) is 5.75 Å². The van der Waals surface area contributed by atoms with Gasteiger partial charge < -0.3 is 4.74 Å². The van der Waals surface area contributed by atoms with Gasteiger partial charge in [-0.2, -0.15) is 0 Å². The predicted molar refractivity (Wildman–Crippen MR) is 75.0 cm³/mol. The average molecular weight is 282 g/mol. The van der Waals surface area contributed by atoms with E-state index in [9.17, 15) is 0 Å². The van der Waals surface area contributed by atoms with Crippen molar-refractivity contribution in [1.29, 1.82) is 0 Å². The van der Waals surface area contributed by atoms with Crippen molar-refractivity contribution in [2.45, 2.75) is 20.8 Å². The highest BCUT2D eigenvalue weighted by Gasteiger charge is 2.10. The maximum Gasteiger partial charge on any atom is 0.164 e. The zero-order valence-corrected chi connectivity index (χ0v) is 11.9. The summed E-state index contributed by atoms with van der Waals surface area (Å²) in [5.41, 5.74) is 2.79. The first kappa shape index (κ1) is 13.2.